The molecule has 2 rings (SSSR count). The number of phenols is 1. The minimum atomic E-state index is -0.0886. The fraction of sp³-hybridized carbons (Fsp3) is 0.143. The summed E-state index contributed by atoms with van der Waals surface area (Å²) in [5.74, 6) is 0.120. The maximum absolute atomic E-state index is 11.9. The normalized spacial score (nSPS) is 10.8. The first-order valence-corrected chi connectivity index (χ1v) is 5.85. The number of rotatable bonds is 4. The molecule has 1 heterocycles. The zero-order valence-corrected chi connectivity index (χ0v) is 10.6. The highest BCUT2D eigenvalue weighted by atomic mass is 16.3. The Morgan fingerprint density at radius 3 is 2.79 bits per heavy atom. The van der Waals surface area contributed by atoms with E-state index < -0.39 is 0 Å². The molecule has 98 valence electrons. The number of nitrogens with zero attached hydrogens (tertiary/aromatic N) is 2. The number of nitrogens with one attached hydrogen (secondary N) is 1. The van der Waals surface area contributed by atoms with Crippen LogP contribution in [-0.4, -0.2) is 33.2 Å². The van der Waals surface area contributed by atoms with Gasteiger partial charge >= 0.3 is 0 Å². The van der Waals surface area contributed by atoms with E-state index in [2.05, 4.69) is 10.2 Å². The summed E-state index contributed by atoms with van der Waals surface area (Å²) in [6.45, 7) is 0.509. The molecule has 5 nitrogen and oxygen atoms in total. The van der Waals surface area contributed by atoms with Gasteiger partial charge in [0.25, 0.3) is 0 Å². The van der Waals surface area contributed by atoms with Crippen molar-refractivity contribution in [2.75, 3.05) is 7.05 Å². The van der Waals surface area contributed by atoms with Crippen molar-refractivity contribution in [1.29, 1.82) is 0 Å². The van der Waals surface area contributed by atoms with Crippen LogP contribution in [0.1, 0.15) is 11.1 Å². The Labute approximate surface area is 111 Å². The topological polar surface area (TPSA) is 69.2 Å². The van der Waals surface area contributed by atoms with Gasteiger partial charge in [-0.1, -0.05) is 12.1 Å². The SMILES string of the molecule is CN(Cc1cn[nH]c1)C(=O)C=Cc1ccc(O)cc1. The van der Waals surface area contributed by atoms with E-state index in [1.54, 1.807) is 54.7 Å². The molecule has 0 atom stereocenters. The van der Waals surface area contributed by atoms with E-state index in [-0.39, 0.29) is 11.7 Å². The van der Waals surface area contributed by atoms with Crippen LogP contribution in [0.15, 0.2) is 42.7 Å². The summed E-state index contributed by atoms with van der Waals surface area (Å²) >= 11 is 0. The van der Waals surface area contributed by atoms with Crippen LogP contribution in [0.3, 0.4) is 0 Å². The number of hydrogen-bond acceptors (Lipinski definition) is 3. The monoisotopic (exact) mass is 257 g/mol. The number of aromatic hydroxyl groups is 1. The molecule has 0 saturated heterocycles. The van der Waals surface area contributed by atoms with E-state index in [9.17, 15) is 4.79 Å². The lowest BCUT2D eigenvalue weighted by atomic mass is 10.2. The number of carbonyl (C=O) groups is 1. The van der Waals surface area contributed by atoms with Crippen LogP contribution in [0.5, 0.6) is 5.75 Å². The lowest BCUT2D eigenvalue weighted by Gasteiger charge is -2.13. The molecule has 0 bridgehead atoms. The van der Waals surface area contributed by atoms with Gasteiger partial charge in [-0.3, -0.25) is 9.89 Å². The highest BCUT2D eigenvalue weighted by Crippen LogP contribution is 2.11. The second kappa shape index (κ2) is 5.86. The van der Waals surface area contributed by atoms with Gasteiger partial charge in [0.1, 0.15) is 5.75 Å². The van der Waals surface area contributed by atoms with E-state index >= 15 is 0 Å². The molecule has 2 N–H and O–H groups in total. The number of amides is 1. The standard InChI is InChI=1S/C14H15N3O2/c1-17(10-12-8-15-16-9-12)14(19)7-4-11-2-5-13(18)6-3-11/h2-9,18H,10H2,1H3,(H,15,16). The third kappa shape index (κ3) is 3.70. The average Bonchev–Trinajstić information content (AvgIpc) is 2.90. The van der Waals surface area contributed by atoms with Gasteiger partial charge in [-0.2, -0.15) is 5.10 Å². The van der Waals surface area contributed by atoms with Gasteiger partial charge in [0.05, 0.1) is 6.20 Å². The second-order valence-electron chi connectivity index (χ2n) is 4.23. The summed E-state index contributed by atoms with van der Waals surface area (Å²) < 4.78 is 0. The first kappa shape index (κ1) is 12.9. The Kier molecular flexibility index (Phi) is 3.97. The molecule has 19 heavy (non-hydrogen) atoms. The molecule has 2 aromatic rings. The lowest BCUT2D eigenvalue weighted by Crippen LogP contribution is -2.23. The molecule has 0 radical (unpaired) electrons. The molecule has 0 aliphatic heterocycles. The average molecular weight is 257 g/mol. The van der Waals surface area contributed by atoms with Gasteiger partial charge in [0.2, 0.25) is 5.91 Å². The number of phenolic OH excluding ortho intramolecular Hbond substituents is 1. The summed E-state index contributed by atoms with van der Waals surface area (Å²) in [6, 6.07) is 6.66. The molecule has 0 aliphatic rings. The van der Waals surface area contributed by atoms with Gasteiger partial charge < -0.3 is 10.0 Å². The van der Waals surface area contributed by atoms with Gasteiger partial charge in [-0.05, 0) is 23.8 Å². The number of likely N-dealkylation sites (N-methyl/N-ethyl adjacent to an activating group) is 1. The Morgan fingerprint density at radius 2 is 2.16 bits per heavy atom. The van der Waals surface area contributed by atoms with E-state index in [0.717, 1.165) is 11.1 Å². The molecule has 5 heteroatoms. The molecular weight excluding hydrogens is 242 g/mol. The van der Waals surface area contributed by atoms with E-state index in [1.165, 1.54) is 6.08 Å². The number of hydrogen-bond donors (Lipinski definition) is 2. The number of aromatic amines is 1. The smallest absolute Gasteiger partial charge is 0.246 e. The summed E-state index contributed by atoms with van der Waals surface area (Å²) in [4.78, 5) is 13.5. The molecular formula is C14H15N3O2. The Balaban J connectivity index is 1.94. The molecule has 0 unspecified atom stereocenters. The largest absolute Gasteiger partial charge is 0.508 e. The van der Waals surface area contributed by atoms with Crippen LogP contribution in [0, 0.1) is 0 Å². The minimum absolute atomic E-state index is 0.0886. The quantitative estimate of drug-likeness (QED) is 0.820. The van der Waals surface area contributed by atoms with Crippen LogP contribution < -0.4 is 0 Å². The maximum Gasteiger partial charge on any atom is 0.246 e. The Hall–Kier alpha value is -2.56. The van der Waals surface area contributed by atoms with Gasteiger partial charge in [0.15, 0.2) is 0 Å². The number of H-pyrrole nitrogens is 1. The number of benzene rings is 1. The Morgan fingerprint density at radius 1 is 1.42 bits per heavy atom. The predicted octanol–water partition coefficient (Wildman–Crippen LogP) is 1.79. The third-order valence-electron chi connectivity index (χ3n) is 2.66. The lowest BCUT2D eigenvalue weighted by molar-refractivity contribution is -0.125. The molecule has 1 aromatic carbocycles. The fourth-order valence-electron chi connectivity index (χ4n) is 1.60. The van der Waals surface area contributed by atoms with Crippen LogP contribution >= 0.6 is 0 Å². The molecule has 1 aromatic heterocycles. The zero-order chi connectivity index (χ0) is 13.7. The van der Waals surface area contributed by atoms with Crippen molar-refractivity contribution in [3.63, 3.8) is 0 Å². The molecule has 1 amide bonds. The predicted molar refractivity (Wildman–Crippen MR) is 72.2 cm³/mol. The van der Waals surface area contributed by atoms with Gasteiger partial charge in [-0.25, -0.2) is 0 Å². The fourth-order valence-corrected chi connectivity index (χ4v) is 1.60. The summed E-state index contributed by atoms with van der Waals surface area (Å²) in [5, 5.41) is 15.7. The zero-order valence-electron chi connectivity index (χ0n) is 10.6. The van der Waals surface area contributed by atoms with Crippen LogP contribution in [0.4, 0.5) is 0 Å². The molecule has 0 fully saturated rings. The van der Waals surface area contributed by atoms with Gasteiger partial charge in [0, 0.05) is 31.4 Å². The van der Waals surface area contributed by atoms with Crippen molar-refractivity contribution in [3.05, 3.63) is 53.9 Å². The van der Waals surface area contributed by atoms with Crippen molar-refractivity contribution in [3.8, 4) is 5.75 Å². The number of aromatic nitrogens is 2. The first-order valence-electron chi connectivity index (χ1n) is 5.85. The summed E-state index contributed by atoms with van der Waals surface area (Å²) in [6.07, 6.45) is 6.67. The van der Waals surface area contributed by atoms with Crippen LogP contribution in [0.25, 0.3) is 6.08 Å². The maximum atomic E-state index is 11.9. The third-order valence-corrected chi connectivity index (χ3v) is 2.66. The highest BCUT2D eigenvalue weighted by molar-refractivity contribution is 5.91. The summed E-state index contributed by atoms with van der Waals surface area (Å²) in [7, 11) is 1.73. The van der Waals surface area contributed by atoms with E-state index in [0.29, 0.717) is 6.54 Å². The van der Waals surface area contributed by atoms with E-state index in [4.69, 9.17) is 5.11 Å². The number of carbonyl (C=O) groups excluding carboxylic acids is 1. The summed E-state index contributed by atoms with van der Waals surface area (Å²) in [5.41, 5.74) is 1.82. The van der Waals surface area contributed by atoms with Crippen molar-refractivity contribution in [2.24, 2.45) is 0 Å². The van der Waals surface area contributed by atoms with Gasteiger partial charge in [-0.15, -0.1) is 0 Å². The van der Waals surface area contributed by atoms with Crippen molar-refractivity contribution in [2.45, 2.75) is 6.54 Å². The van der Waals surface area contributed by atoms with Crippen LogP contribution in [-0.2, 0) is 11.3 Å². The van der Waals surface area contributed by atoms with Crippen LogP contribution in [0.2, 0.25) is 0 Å². The van der Waals surface area contributed by atoms with E-state index in [1.807, 2.05) is 0 Å². The molecule has 0 aliphatic carbocycles. The first-order chi connectivity index (χ1) is 9.15. The van der Waals surface area contributed by atoms with Crippen molar-refractivity contribution < 1.29 is 9.90 Å². The van der Waals surface area contributed by atoms with Crippen molar-refractivity contribution >= 4 is 12.0 Å². The highest BCUT2D eigenvalue weighted by Gasteiger charge is 2.06. The second-order valence-corrected chi connectivity index (χ2v) is 4.23. The van der Waals surface area contributed by atoms with Crippen molar-refractivity contribution in [1.82, 2.24) is 15.1 Å². The minimum Gasteiger partial charge on any atom is -0.508 e. The Bertz CT molecular complexity index is 559. The molecule has 0 spiro atoms. The molecule has 0 saturated carbocycles.